The van der Waals surface area contributed by atoms with Gasteiger partial charge in [-0.05, 0) is 49.0 Å². The summed E-state index contributed by atoms with van der Waals surface area (Å²) in [5.74, 6) is 0.121. The molecule has 1 atom stereocenters. The fraction of sp³-hybridized carbons (Fsp3) is 0.520. The van der Waals surface area contributed by atoms with Crippen LogP contribution in [-0.2, 0) is 26.8 Å². The van der Waals surface area contributed by atoms with Crippen LogP contribution >= 0.6 is 0 Å². The number of hydrogen-bond donors (Lipinski definition) is 3. The van der Waals surface area contributed by atoms with Crippen LogP contribution in [0.25, 0.3) is 0 Å². The van der Waals surface area contributed by atoms with Crippen molar-refractivity contribution in [3.8, 4) is 5.75 Å². The minimum absolute atomic E-state index is 0.198. The molecule has 190 valence electrons. The number of anilines is 1. The Hall–Kier alpha value is -3.01. The van der Waals surface area contributed by atoms with Crippen LogP contribution in [0.15, 0.2) is 35.7 Å². The van der Waals surface area contributed by atoms with Crippen LogP contribution in [0.2, 0.25) is 0 Å². The Morgan fingerprint density at radius 1 is 1.17 bits per heavy atom. The number of allylic oxidation sites excluding steroid dienone is 4. The Kier molecular flexibility index (Phi) is 6.61. The predicted octanol–water partition coefficient (Wildman–Crippen LogP) is 3.07. The standard InChI is InChI=1S/C25H34N4O5S/c1-25(2,3)20-14-19(29-11-9-22(30)26-24(29)32)13-17(23(20)31)15-28-10-5-6-16-12-18(7-8-21(16)28)27-35(4,33)34/h7-8,13-14,16,27,31H,5-6,9-12,15H2,1-4H3,(H,26,30,32). The number of likely N-dealkylation sites (tertiary alicyclic amines) is 1. The van der Waals surface area contributed by atoms with E-state index in [0.717, 1.165) is 36.9 Å². The van der Waals surface area contributed by atoms with E-state index in [1.165, 1.54) is 0 Å². The van der Waals surface area contributed by atoms with Crippen molar-refractivity contribution in [3.05, 3.63) is 46.8 Å². The molecule has 35 heavy (non-hydrogen) atoms. The van der Waals surface area contributed by atoms with E-state index in [4.69, 9.17) is 0 Å². The SMILES string of the molecule is CC(C)(C)c1cc(N2CCC(=O)NC2=O)cc(CN2CCCC3CC(NS(C)(=O)=O)=CC=C32)c1O. The molecule has 0 bridgehead atoms. The van der Waals surface area contributed by atoms with Gasteiger partial charge in [0.15, 0.2) is 0 Å². The number of sulfonamides is 1. The number of carbonyl (C=O) groups is 2. The maximum absolute atomic E-state index is 12.5. The lowest BCUT2D eigenvalue weighted by molar-refractivity contribution is -0.120. The third-order valence-electron chi connectivity index (χ3n) is 6.71. The van der Waals surface area contributed by atoms with Crippen molar-refractivity contribution < 1.29 is 23.1 Å². The fourth-order valence-electron chi connectivity index (χ4n) is 5.06. The summed E-state index contributed by atoms with van der Waals surface area (Å²) in [5.41, 5.74) is 3.55. The number of benzene rings is 1. The van der Waals surface area contributed by atoms with Crippen LogP contribution in [-0.4, -0.2) is 49.7 Å². The first kappa shape index (κ1) is 25.1. The minimum Gasteiger partial charge on any atom is -0.507 e. The number of imide groups is 1. The topological polar surface area (TPSA) is 119 Å². The van der Waals surface area contributed by atoms with Crippen molar-refractivity contribution in [2.75, 3.05) is 24.2 Å². The number of piperidine rings is 1. The Morgan fingerprint density at radius 3 is 2.57 bits per heavy atom. The second-order valence-electron chi connectivity index (χ2n) is 10.6. The zero-order chi connectivity index (χ0) is 25.5. The summed E-state index contributed by atoms with van der Waals surface area (Å²) in [6.45, 7) is 7.60. The van der Waals surface area contributed by atoms with E-state index in [0.29, 0.717) is 29.9 Å². The minimum atomic E-state index is -3.32. The van der Waals surface area contributed by atoms with Gasteiger partial charge in [-0.25, -0.2) is 13.2 Å². The predicted molar refractivity (Wildman–Crippen MR) is 134 cm³/mol. The van der Waals surface area contributed by atoms with Crippen LogP contribution in [0.1, 0.15) is 57.6 Å². The molecule has 2 aliphatic heterocycles. The first-order valence-corrected chi connectivity index (χ1v) is 13.8. The summed E-state index contributed by atoms with van der Waals surface area (Å²) in [4.78, 5) is 27.9. The van der Waals surface area contributed by atoms with Gasteiger partial charge in [0.1, 0.15) is 5.75 Å². The zero-order valence-electron chi connectivity index (χ0n) is 20.7. The second kappa shape index (κ2) is 9.22. The Morgan fingerprint density at radius 2 is 1.91 bits per heavy atom. The number of urea groups is 1. The number of rotatable bonds is 5. The number of nitrogens with zero attached hydrogens (tertiary/aromatic N) is 2. The normalized spacial score (nSPS) is 21.2. The highest BCUT2D eigenvalue weighted by Gasteiger charge is 2.31. The average Bonchev–Trinajstić information content (AvgIpc) is 2.73. The van der Waals surface area contributed by atoms with Gasteiger partial charge in [0.2, 0.25) is 15.9 Å². The molecule has 2 heterocycles. The Bertz CT molecular complexity index is 1210. The van der Waals surface area contributed by atoms with Crippen LogP contribution in [0.3, 0.4) is 0 Å². The van der Waals surface area contributed by atoms with Crippen molar-refractivity contribution in [2.24, 2.45) is 5.92 Å². The highest BCUT2D eigenvalue weighted by molar-refractivity contribution is 7.88. The molecule has 0 radical (unpaired) electrons. The third kappa shape index (κ3) is 5.63. The lowest BCUT2D eigenvalue weighted by Gasteiger charge is -2.40. The number of carbonyl (C=O) groups excluding carboxylic acids is 2. The van der Waals surface area contributed by atoms with E-state index in [2.05, 4.69) is 14.9 Å². The number of nitrogens with one attached hydrogen (secondary N) is 2. The van der Waals surface area contributed by atoms with Gasteiger partial charge >= 0.3 is 6.03 Å². The molecule has 4 rings (SSSR count). The molecule has 1 aromatic carbocycles. The molecule has 0 spiro atoms. The maximum Gasteiger partial charge on any atom is 0.328 e. The van der Waals surface area contributed by atoms with E-state index in [-0.39, 0.29) is 36.0 Å². The molecule has 3 N–H and O–H groups in total. The third-order valence-corrected chi connectivity index (χ3v) is 7.34. The molecule has 10 heteroatoms. The van der Waals surface area contributed by atoms with Gasteiger partial charge in [-0.1, -0.05) is 20.8 Å². The Balaban J connectivity index is 1.67. The summed E-state index contributed by atoms with van der Waals surface area (Å²) in [6, 6.07) is 3.21. The largest absolute Gasteiger partial charge is 0.507 e. The Labute approximate surface area is 206 Å². The van der Waals surface area contributed by atoms with Gasteiger partial charge in [-0.2, -0.15) is 0 Å². The number of aromatic hydroxyl groups is 1. The summed E-state index contributed by atoms with van der Waals surface area (Å²) in [6.07, 6.45) is 7.71. The van der Waals surface area contributed by atoms with Gasteiger partial charge in [-0.3, -0.25) is 19.7 Å². The summed E-state index contributed by atoms with van der Waals surface area (Å²) in [7, 11) is -3.32. The van der Waals surface area contributed by atoms with Crippen molar-refractivity contribution in [1.82, 2.24) is 14.9 Å². The number of phenolic OH excluding ortho intramolecular Hbond substituents is 1. The molecule has 9 nitrogen and oxygen atoms in total. The molecule has 1 aliphatic carbocycles. The lowest BCUT2D eigenvalue weighted by atomic mass is 9.83. The second-order valence-corrected chi connectivity index (χ2v) is 12.4. The van der Waals surface area contributed by atoms with Crippen LogP contribution in [0.5, 0.6) is 5.75 Å². The van der Waals surface area contributed by atoms with E-state index >= 15 is 0 Å². The maximum atomic E-state index is 12.5. The van der Waals surface area contributed by atoms with Gasteiger partial charge in [-0.15, -0.1) is 0 Å². The molecule has 1 aromatic rings. The van der Waals surface area contributed by atoms with Crippen LogP contribution in [0.4, 0.5) is 10.5 Å². The molecule has 3 amide bonds. The molecular formula is C25H34N4O5S. The highest BCUT2D eigenvalue weighted by atomic mass is 32.2. The molecule has 2 saturated heterocycles. The summed E-state index contributed by atoms with van der Waals surface area (Å²) >= 11 is 0. The van der Waals surface area contributed by atoms with Crippen LogP contribution < -0.4 is 14.9 Å². The summed E-state index contributed by atoms with van der Waals surface area (Å²) < 4.78 is 25.9. The number of amides is 3. The number of hydrogen-bond acceptors (Lipinski definition) is 6. The van der Waals surface area contributed by atoms with Crippen molar-refractivity contribution in [3.63, 3.8) is 0 Å². The van der Waals surface area contributed by atoms with Crippen molar-refractivity contribution >= 4 is 27.6 Å². The first-order valence-electron chi connectivity index (χ1n) is 11.9. The molecule has 0 aromatic heterocycles. The molecule has 3 aliphatic rings. The zero-order valence-corrected chi connectivity index (χ0v) is 21.5. The smallest absolute Gasteiger partial charge is 0.328 e. The monoisotopic (exact) mass is 502 g/mol. The fourth-order valence-corrected chi connectivity index (χ4v) is 5.69. The first-order chi connectivity index (χ1) is 16.3. The van der Waals surface area contributed by atoms with E-state index in [9.17, 15) is 23.1 Å². The summed E-state index contributed by atoms with van der Waals surface area (Å²) in [5, 5.41) is 13.6. The molecular weight excluding hydrogens is 468 g/mol. The average molecular weight is 503 g/mol. The lowest BCUT2D eigenvalue weighted by Crippen LogP contribution is -2.49. The van der Waals surface area contributed by atoms with E-state index in [1.807, 2.05) is 45.1 Å². The quantitative estimate of drug-likeness (QED) is 0.569. The van der Waals surface area contributed by atoms with E-state index < -0.39 is 16.1 Å². The highest BCUT2D eigenvalue weighted by Crippen LogP contribution is 2.40. The van der Waals surface area contributed by atoms with Gasteiger partial charge in [0.25, 0.3) is 0 Å². The number of fused-ring (bicyclic) bond motifs is 1. The van der Waals surface area contributed by atoms with Crippen molar-refractivity contribution in [2.45, 2.75) is 58.4 Å². The van der Waals surface area contributed by atoms with Gasteiger partial charge < -0.3 is 10.0 Å². The number of phenols is 1. The van der Waals surface area contributed by atoms with Crippen molar-refractivity contribution in [1.29, 1.82) is 0 Å². The molecule has 0 saturated carbocycles. The van der Waals surface area contributed by atoms with Gasteiger partial charge in [0, 0.05) is 60.2 Å². The van der Waals surface area contributed by atoms with Gasteiger partial charge in [0.05, 0.1) is 6.26 Å². The molecule has 1 unspecified atom stereocenters. The molecule has 2 fully saturated rings. The van der Waals surface area contributed by atoms with Crippen LogP contribution in [0, 0.1) is 5.92 Å². The van der Waals surface area contributed by atoms with E-state index in [1.54, 1.807) is 4.90 Å².